The molecule has 4 aromatic rings. The van der Waals surface area contributed by atoms with Gasteiger partial charge >= 0.3 is 0 Å². The molecule has 0 radical (unpaired) electrons. The summed E-state index contributed by atoms with van der Waals surface area (Å²) in [5.41, 5.74) is 4.31. The first-order valence-corrected chi connectivity index (χ1v) is 13.0. The van der Waals surface area contributed by atoms with E-state index in [1.54, 1.807) is 18.2 Å². The van der Waals surface area contributed by atoms with Gasteiger partial charge < -0.3 is 5.32 Å². The number of nitrogens with zero attached hydrogens (tertiary/aromatic N) is 3. The summed E-state index contributed by atoms with van der Waals surface area (Å²) in [6.45, 7) is 5.93. The van der Waals surface area contributed by atoms with Gasteiger partial charge in [-0.2, -0.15) is 0 Å². The van der Waals surface area contributed by atoms with Gasteiger partial charge in [-0.05, 0) is 56.2 Å². The Kier molecular flexibility index (Phi) is 6.26. The van der Waals surface area contributed by atoms with E-state index in [1.165, 1.54) is 41.3 Å². The number of thiazole rings is 1. The number of hydrogen-bond acceptors (Lipinski definition) is 8. The van der Waals surface area contributed by atoms with Crippen molar-refractivity contribution in [2.75, 3.05) is 16.0 Å². The molecule has 11 heteroatoms. The molecular weight excluding hydrogens is 512 g/mol. The molecule has 0 atom stereocenters. The van der Waals surface area contributed by atoms with E-state index < -0.39 is 22.4 Å². The van der Waals surface area contributed by atoms with Gasteiger partial charge in [-0.3, -0.25) is 24.5 Å². The predicted octanol–water partition coefficient (Wildman–Crippen LogP) is 5.66. The number of anilines is 2. The normalized spacial score (nSPS) is 12.8. The van der Waals surface area contributed by atoms with Crippen molar-refractivity contribution in [3.05, 3.63) is 86.5 Å². The van der Waals surface area contributed by atoms with Crippen molar-refractivity contribution in [1.82, 2.24) is 4.98 Å². The minimum Gasteiger partial charge on any atom is -0.325 e. The van der Waals surface area contributed by atoms with E-state index in [0.717, 1.165) is 32.0 Å². The number of aryl methyl sites for hydroxylation is 3. The number of thioether (sulfide) groups is 1. The van der Waals surface area contributed by atoms with E-state index in [1.807, 2.05) is 32.9 Å². The molecule has 0 unspecified atom stereocenters. The zero-order chi connectivity index (χ0) is 26.4. The summed E-state index contributed by atoms with van der Waals surface area (Å²) in [6.07, 6.45) is 0. The molecule has 1 aliphatic heterocycles. The molecular formula is C26H20N4O5S2. The van der Waals surface area contributed by atoms with Crippen molar-refractivity contribution in [3.8, 4) is 0 Å². The van der Waals surface area contributed by atoms with Gasteiger partial charge in [-0.1, -0.05) is 35.5 Å². The SMILES string of the molecule is Cc1cc(C)c(NC(=O)CSc2nc3ccc(N4C(=O)c5cccc([N+](=O)[O-])c5C4=O)cc3s2)c(C)c1. The van der Waals surface area contributed by atoms with Crippen LogP contribution >= 0.6 is 23.1 Å². The summed E-state index contributed by atoms with van der Waals surface area (Å²) in [7, 11) is 0. The third-order valence-corrected chi connectivity index (χ3v) is 8.13. The Bertz CT molecular complexity index is 1620. The first-order valence-electron chi connectivity index (χ1n) is 11.2. The second-order valence-corrected chi connectivity index (χ2v) is 10.9. The second kappa shape index (κ2) is 9.41. The van der Waals surface area contributed by atoms with Gasteiger partial charge in [0.25, 0.3) is 17.5 Å². The minimum atomic E-state index is -0.732. The van der Waals surface area contributed by atoms with Gasteiger partial charge in [0, 0.05) is 11.8 Å². The number of nitro groups is 1. The van der Waals surface area contributed by atoms with Crippen LogP contribution in [0.2, 0.25) is 0 Å². The minimum absolute atomic E-state index is 0.00455. The maximum atomic E-state index is 13.0. The van der Waals surface area contributed by atoms with Crippen LogP contribution in [0.15, 0.2) is 52.9 Å². The van der Waals surface area contributed by atoms with Crippen molar-refractivity contribution < 1.29 is 19.3 Å². The number of nitro benzene ring substituents is 1. The van der Waals surface area contributed by atoms with Crippen LogP contribution in [0.1, 0.15) is 37.4 Å². The Morgan fingerprint density at radius 2 is 1.81 bits per heavy atom. The smallest absolute Gasteiger partial charge is 0.283 e. The fourth-order valence-corrected chi connectivity index (χ4v) is 6.33. The largest absolute Gasteiger partial charge is 0.325 e. The van der Waals surface area contributed by atoms with Crippen LogP contribution in [0.25, 0.3) is 10.2 Å². The second-order valence-electron chi connectivity index (χ2n) is 8.64. The van der Waals surface area contributed by atoms with E-state index in [2.05, 4.69) is 10.3 Å². The van der Waals surface area contributed by atoms with Crippen LogP contribution in [0.4, 0.5) is 17.1 Å². The van der Waals surface area contributed by atoms with Crippen LogP contribution in [-0.2, 0) is 4.79 Å². The number of nitrogens with one attached hydrogen (secondary N) is 1. The van der Waals surface area contributed by atoms with E-state index in [4.69, 9.17) is 0 Å². The highest BCUT2D eigenvalue weighted by Gasteiger charge is 2.41. The van der Waals surface area contributed by atoms with E-state index in [0.29, 0.717) is 15.5 Å². The van der Waals surface area contributed by atoms with E-state index >= 15 is 0 Å². The predicted molar refractivity (Wildman–Crippen MR) is 144 cm³/mol. The topological polar surface area (TPSA) is 123 Å². The van der Waals surface area contributed by atoms with Gasteiger partial charge in [-0.15, -0.1) is 11.3 Å². The van der Waals surface area contributed by atoms with Crippen molar-refractivity contribution >= 4 is 68.1 Å². The number of imide groups is 1. The standard InChI is InChI=1S/C26H20N4O5S2/c1-13-9-14(2)23(15(3)10-13)28-21(31)12-36-26-27-18-8-7-16(11-20(18)37-26)29-24(32)17-5-4-6-19(30(34)35)22(17)25(29)33/h4-11H,12H2,1-3H3,(H,28,31). The Morgan fingerprint density at radius 3 is 2.51 bits per heavy atom. The van der Waals surface area contributed by atoms with Gasteiger partial charge in [0.2, 0.25) is 5.91 Å². The Morgan fingerprint density at radius 1 is 1.08 bits per heavy atom. The van der Waals surface area contributed by atoms with Crippen LogP contribution in [0.3, 0.4) is 0 Å². The highest BCUT2D eigenvalue weighted by Crippen LogP contribution is 2.37. The summed E-state index contributed by atoms with van der Waals surface area (Å²) in [5.74, 6) is -1.32. The number of hydrogen-bond donors (Lipinski definition) is 1. The molecule has 9 nitrogen and oxygen atoms in total. The average Bonchev–Trinajstić information content (AvgIpc) is 3.37. The molecule has 3 aromatic carbocycles. The summed E-state index contributed by atoms with van der Waals surface area (Å²) < 4.78 is 1.38. The quantitative estimate of drug-likeness (QED) is 0.147. The molecule has 2 heterocycles. The number of aromatic nitrogens is 1. The molecule has 3 amide bonds. The molecule has 0 bridgehead atoms. The Balaban J connectivity index is 1.34. The molecule has 0 aliphatic carbocycles. The molecule has 0 saturated heterocycles. The summed E-state index contributed by atoms with van der Waals surface area (Å²) in [5, 5.41) is 14.4. The lowest BCUT2D eigenvalue weighted by Crippen LogP contribution is -2.29. The van der Waals surface area contributed by atoms with Crippen molar-refractivity contribution in [2.24, 2.45) is 0 Å². The third kappa shape index (κ3) is 4.47. The summed E-state index contributed by atoms with van der Waals surface area (Å²) in [6, 6.07) is 13.0. The molecule has 0 fully saturated rings. The van der Waals surface area contributed by atoms with E-state index in [9.17, 15) is 24.5 Å². The lowest BCUT2D eigenvalue weighted by atomic mass is 10.1. The van der Waals surface area contributed by atoms with Crippen LogP contribution in [-0.4, -0.2) is 33.4 Å². The summed E-state index contributed by atoms with van der Waals surface area (Å²) in [4.78, 5) is 54.7. The molecule has 1 aliphatic rings. The number of fused-ring (bicyclic) bond motifs is 2. The first-order chi connectivity index (χ1) is 17.6. The molecule has 37 heavy (non-hydrogen) atoms. The summed E-state index contributed by atoms with van der Waals surface area (Å²) >= 11 is 2.63. The Labute approximate surface area is 219 Å². The van der Waals surface area contributed by atoms with Crippen molar-refractivity contribution in [2.45, 2.75) is 25.1 Å². The lowest BCUT2D eigenvalue weighted by molar-refractivity contribution is -0.385. The van der Waals surface area contributed by atoms with Gasteiger partial charge in [0.05, 0.1) is 32.1 Å². The monoisotopic (exact) mass is 532 g/mol. The maximum Gasteiger partial charge on any atom is 0.283 e. The van der Waals surface area contributed by atoms with Gasteiger partial charge in [0.1, 0.15) is 5.56 Å². The highest BCUT2D eigenvalue weighted by atomic mass is 32.2. The molecule has 0 spiro atoms. The fraction of sp³-hybridized carbons (Fsp3) is 0.154. The molecule has 1 N–H and O–H groups in total. The first kappa shape index (κ1) is 24.6. The molecule has 186 valence electrons. The lowest BCUT2D eigenvalue weighted by Gasteiger charge is -2.13. The van der Waals surface area contributed by atoms with Crippen molar-refractivity contribution in [1.29, 1.82) is 0 Å². The molecule has 5 rings (SSSR count). The molecule has 0 saturated carbocycles. The zero-order valence-corrected chi connectivity index (χ0v) is 21.7. The van der Waals surface area contributed by atoms with Crippen LogP contribution < -0.4 is 10.2 Å². The molecule has 1 aromatic heterocycles. The number of rotatable bonds is 6. The highest BCUT2D eigenvalue weighted by molar-refractivity contribution is 8.01. The third-order valence-electron chi connectivity index (χ3n) is 5.97. The van der Waals surface area contributed by atoms with Gasteiger partial charge in [-0.25, -0.2) is 9.88 Å². The fourth-order valence-electron chi connectivity index (χ4n) is 4.43. The van der Waals surface area contributed by atoms with Gasteiger partial charge in [0.15, 0.2) is 4.34 Å². The number of benzene rings is 3. The zero-order valence-electron chi connectivity index (χ0n) is 20.0. The average molecular weight is 533 g/mol. The Hall–Kier alpha value is -4.09. The van der Waals surface area contributed by atoms with Crippen LogP contribution in [0.5, 0.6) is 0 Å². The van der Waals surface area contributed by atoms with Crippen molar-refractivity contribution in [3.63, 3.8) is 0 Å². The number of amides is 3. The number of carbonyl (C=O) groups is 3. The van der Waals surface area contributed by atoms with Crippen LogP contribution in [0, 0.1) is 30.9 Å². The number of carbonyl (C=O) groups excluding carboxylic acids is 3. The van der Waals surface area contributed by atoms with E-state index in [-0.39, 0.29) is 22.8 Å². The maximum absolute atomic E-state index is 13.0.